The van der Waals surface area contributed by atoms with Crippen molar-refractivity contribution in [2.45, 2.75) is 127 Å². The van der Waals surface area contributed by atoms with Gasteiger partial charge in [-0.25, -0.2) is 13.2 Å². The van der Waals surface area contributed by atoms with Gasteiger partial charge in [0.15, 0.2) is 0 Å². The van der Waals surface area contributed by atoms with Crippen LogP contribution in [0.4, 0.5) is 4.79 Å². The van der Waals surface area contributed by atoms with E-state index in [-0.39, 0.29) is 31.2 Å². The molecule has 0 spiro atoms. The number of nitrogens with one attached hydrogen (secondary N) is 2. The van der Waals surface area contributed by atoms with Gasteiger partial charge in [0, 0.05) is 24.4 Å². The lowest BCUT2D eigenvalue weighted by molar-refractivity contribution is -0.146. The minimum absolute atomic E-state index is 0.0886. The number of fused-ring (bicyclic) bond motifs is 2. The number of carbonyl (C=O) groups excluding carboxylic acids is 3. The summed E-state index contributed by atoms with van der Waals surface area (Å²) in [5.41, 5.74) is -2.44. The van der Waals surface area contributed by atoms with Crippen LogP contribution in [0.2, 0.25) is 0 Å². The summed E-state index contributed by atoms with van der Waals surface area (Å²) in [5.74, 6) is -2.69. The molecule has 2 saturated carbocycles. The summed E-state index contributed by atoms with van der Waals surface area (Å²) < 4.78 is 27.0. The number of allylic oxidation sites excluding steroid dienone is 1. The van der Waals surface area contributed by atoms with Gasteiger partial charge < -0.3 is 20.4 Å². The predicted molar refractivity (Wildman–Crippen MR) is 159 cm³/mol. The fraction of sp³-hybridized carbons (Fsp3) is 0.800. The Labute approximate surface area is 254 Å². The summed E-state index contributed by atoms with van der Waals surface area (Å²) in [4.78, 5) is 56.9. The van der Waals surface area contributed by atoms with E-state index in [1.165, 1.54) is 9.80 Å². The van der Waals surface area contributed by atoms with Gasteiger partial charge in [-0.15, -0.1) is 0 Å². The second-order valence-electron chi connectivity index (χ2n) is 14.3. The van der Waals surface area contributed by atoms with Crippen LogP contribution in [0.3, 0.4) is 0 Å². The van der Waals surface area contributed by atoms with E-state index in [0.717, 1.165) is 6.42 Å². The van der Waals surface area contributed by atoms with Crippen LogP contribution in [0.25, 0.3) is 0 Å². The Balaban J connectivity index is 1.73. The zero-order valence-corrected chi connectivity index (χ0v) is 26.9. The highest BCUT2D eigenvalue weighted by molar-refractivity contribution is 7.91. The topological polar surface area (TPSA) is 173 Å². The first kappa shape index (κ1) is 33.2. The molecule has 0 aromatic rings. The van der Waals surface area contributed by atoms with Crippen molar-refractivity contribution in [3.8, 4) is 0 Å². The SMILES string of the molecule is CC[C@@H]1CC(C)CC/C=C\[C@@H]2C[C@@]2(C(=O)NS(=O)(=O)C2(C)CC2)NC(=O)[C@@H]2C[C@@H](O)CN2C(=O)[C@H]1N(C(=O)O)C(C)(C)C. The predicted octanol–water partition coefficient (Wildman–Crippen LogP) is 2.37. The maximum atomic E-state index is 14.4. The molecule has 2 aliphatic heterocycles. The lowest BCUT2D eigenvalue weighted by atomic mass is 9.82. The minimum Gasteiger partial charge on any atom is -0.465 e. The van der Waals surface area contributed by atoms with Crippen molar-refractivity contribution in [2.24, 2.45) is 17.8 Å². The molecular formula is C30H48N4O8S. The van der Waals surface area contributed by atoms with E-state index in [9.17, 15) is 37.8 Å². The fourth-order valence-corrected chi connectivity index (χ4v) is 7.99. The van der Waals surface area contributed by atoms with Crippen LogP contribution in [-0.4, -0.2) is 92.8 Å². The number of hydrogen-bond donors (Lipinski definition) is 4. The van der Waals surface area contributed by atoms with E-state index in [4.69, 9.17) is 0 Å². The highest BCUT2D eigenvalue weighted by Crippen LogP contribution is 2.47. The first-order chi connectivity index (χ1) is 19.9. The molecule has 12 nitrogen and oxygen atoms in total. The maximum Gasteiger partial charge on any atom is 0.408 e. The standard InChI is InChI=1S/C30H48N4O8S/c1-7-19-14-18(2)10-8-9-11-20-16-30(20,26(38)32-43(41,42)29(6)12-13-29)31-24(36)22-15-21(35)17-33(22)25(37)23(19)34(27(39)40)28(3,4)5/h9,11,18-23,35H,7-8,10,12-17H2,1-6H3,(H,31,36)(H,32,38)(H,39,40)/b11-9-/t18?,19-,20-,21-,22+,23+,30-/m1/s1. The fourth-order valence-electron chi connectivity index (χ4n) is 6.68. The van der Waals surface area contributed by atoms with Gasteiger partial charge in [-0.1, -0.05) is 32.4 Å². The van der Waals surface area contributed by atoms with Crippen LogP contribution in [0, 0.1) is 17.8 Å². The summed E-state index contributed by atoms with van der Waals surface area (Å²) in [6.07, 6.45) is 5.03. The number of rotatable bonds is 5. The maximum absolute atomic E-state index is 14.4. The molecule has 13 heteroatoms. The summed E-state index contributed by atoms with van der Waals surface area (Å²) in [7, 11) is -3.96. The number of aliphatic hydroxyl groups excluding tert-OH is 1. The third-order valence-electron chi connectivity index (χ3n) is 9.79. The highest BCUT2D eigenvalue weighted by Gasteiger charge is 2.63. The van der Waals surface area contributed by atoms with Gasteiger partial charge in [0.05, 0.1) is 10.9 Å². The van der Waals surface area contributed by atoms with E-state index in [2.05, 4.69) is 17.0 Å². The summed E-state index contributed by atoms with van der Waals surface area (Å²) in [6.45, 7) is 10.6. The van der Waals surface area contributed by atoms with Gasteiger partial charge in [0.2, 0.25) is 21.8 Å². The van der Waals surface area contributed by atoms with Crippen molar-refractivity contribution in [3.63, 3.8) is 0 Å². The van der Waals surface area contributed by atoms with E-state index < -0.39 is 73.8 Å². The summed E-state index contributed by atoms with van der Waals surface area (Å²) in [5, 5.41) is 23.7. The average molecular weight is 625 g/mol. The van der Waals surface area contributed by atoms with Gasteiger partial charge in [-0.2, -0.15) is 0 Å². The number of sulfonamides is 1. The van der Waals surface area contributed by atoms with E-state index >= 15 is 0 Å². The molecule has 4 rings (SSSR count). The number of carbonyl (C=O) groups is 4. The monoisotopic (exact) mass is 624 g/mol. The molecule has 4 N–H and O–H groups in total. The Bertz CT molecular complexity index is 1270. The molecule has 7 atom stereocenters. The molecule has 43 heavy (non-hydrogen) atoms. The Morgan fingerprint density at radius 2 is 1.86 bits per heavy atom. The normalized spacial score (nSPS) is 35.4. The molecule has 0 radical (unpaired) electrons. The Kier molecular flexibility index (Phi) is 9.03. The number of amides is 4. The summed E-state index contributed by atoms with van der Waals surface area (Å²) in [6, 6.07) is -2.25. The number of hydrogen-bond acceptors (Lipinski definition) is 7. The molecular weight excluding hydrogens is 576 g/mol. The lowest BCUT2D eigenvalue weighted by Gasteiger charge is -2.44. The first-order valence-electron chi connectivity index (χ1n) is 15.4. The van der Waals surface area contributed by atoms with Crippen LogP contribution in [0.5, 0.6) is 0 Å². The highest BCUT2D eigenvalue weighted by atomic mass is 32.2. The zero-order chi connectivity index (χ0) is 32.1. The van der Waals surface area contributed by atoms with Crippen LogP contribution in [-0.2, 0) is 24.4 Å². The van der Waals surface area contributed by atoms with Crippen molar-refractivity contribution >= 4 is 33.8 Å². The van der Waals surface area contributed by atoms with Gasteiger partial charge >= 0.3 is 6.09 Å². The molecule has 242 valence electrons. The average Bonchev–Trinajstić information content (AvgIpc) is 3.77. The molecule has 2 aliphatic carbocycles. The third-order valence-corrected chi connectivity index (χ3v) is 12.0. The smallest absolute Gasteiger partial charge is 0.408 e. The number of nitrogens with zero attached hydrogens (tertiary/aromatic N) is 2. The Hall–Kier alpha value is -2.67. The lowest BCUT2D eigenvalue weighted by Crippen LogP contribution is -2.62. The first-order valence-corrected chi connectivity index (χ1v) is 16.9. The largest absolute Gasteiger partial charge is 0.465 e. The number of aliphatic hydroxyl groups is 1. The molecule has 0 aromatic carbocycles. The molecule has 1 saturated heterocycles. The van der Waals surface area contributed by atoms with Crippen LogP contribution >= 0.6 is 0 Å². The Morgan fingerprint density at radius 3 is 2.42 bits per heavy atom. The van der Waals surface area contributed by atoms with Crippen LogP contribution < -0.4 is 10.0 Å². The zero-order valence-electron chi connectivity index (χ0n) is 26.1. The van der Waals surface area contributed by atoms with Gasteiger partial charge in [-0.05, 0) is 78.1 Å². The van der Waals surface area contributed by atoms with Crippen molar-refractivity contribution < 1.29 is 37.8 Å². The molecule has 4 aliphatic rings. The molecule has 3 fully saturated rings. The number of carboxylic acid groups (broad SMARTS) is 1. The van der Waals surface area contributed by atoms with Crippen molar-refractivity contribution in [2.75, 3.05) is 6.54 Å². The second kappa shape index (κ2) is 11.7. The van der Waals surface area contributed by atoms with Gasteiger partial charge in [-0.3, -0.25) is 24.0 Å². The molecule has 2 heterocycles. The van der Waals surface area contributed by atoms with Crippen molar-refractivity contribution in [1.82, 2.24) is 19.8 Å². The van der Waals surface area contributed by atoms with Crippen molar-refractivity contribution in [3.05, 3.63) is 12.2 Å². The van der Waals surface area contributed by atoms with Gasteiger partial charge in [0.25, 0.3) is 5.91 Å². The minimum atomic E-state index is -3.96. The second-order valence-corrected chi connectivity index (χ2v) is 16.5. The molecule has 0 bridgehead atoms. The van der Waals surface area contributed by atoms with Crippen LogP contribution in [0.1, 0.15) is 92.9 Å². The van der Waals surface area contributed by atoms with E-state index in [1.807, 2.05) is 19.1 Å². The molecule has 1 unspecified atom stereocenters. The van der Waals surface area contributed by atoms with E-state index in [1.54, 1.807) is 27.7 Å². The van der Waals surface area contributed by atoms with Crippen LogP contribution in [0.15, 0.2) is 12.2 Å². The Morgan fingerprint density at radius 1 is 1.21 bits per heavy atom. The van der Waals surface area contributed by atoms with Gasteiger partial charge in [0.1, 0.15) is 17.6 Å². The summed E-state index contributed by atoms with van der Waals surface area (Å²) >= 11 is 0. The third kappa shape index (κ3) is 6.57. The quantitative estimate of drug-likeness (QED) is 0.338. The van der Waals surface area contributed by atoms with Crippen molar-refractivity contribution in [1.29, 1.82) is 0 Å². The van der Waals surface area contributed by atoms with E-state index in [0.29, 0.717) is 32.1 Å². The molecule has 4 amide bonds. The molecule has 0 aromatic heterocycles.